The van der Waals surface area contributed by atoms with Crippen LogP contribution < -0.4 is 5.32 Å². The van der Waals surface area contributed by atoms with Crippen LogP contribution in [0.4, 0.5) is 0 Å². The summed E-state index contributed by atoms with van der Waals surface area (Å²) in [6.07, 6.45) is 14.7. The van der Waals surface area contributed by atoms with Gasteiger partial charge < -0.3 is 5.32 Å². The molecule has 0 saturated heterocycles. The smallest absolute Gasteiger partial charge is 0.309 e. The summed E-state index contributed by atoms with van der Waals surface area (Å²) in [4.78, 5) is 10.2. The van der Waals surface area contributed by atoms with Gasteiger partial charge in [0.05, 0.1) is 0 Å². The van der Waals surface area contributed by atoms with Crippen molar-refractivity contribution < 1.29 is 4.79 Å². The topological polar surface area (TPSA) is 29.1 Å². The first-order valence-corrected chi connectivity index (χ1v) is 6.97. The maximum atomic E-state index is 10.2. The highest BCUT2D eigenvalue weighted by atomic mass is 16.1. The van der Waals surface area contributed by atoms with Crippen molar-refractivity contribution in [2.24, 2.45) is 0 Å². The van der Waals surface area contributed by atoms with E-state index >= 15 is 0 Å². The molecule has 0 aromatic carbocycles. The van der Waals surface area contributed by atoms with Gasteiger partial charge in [0.25, 0.3) is 0 Å². The third kappa shape index (κ3) is 10.0. The first kappa shape index (κ1) is 15.5. The minimum absolute atomic E-state index is 0.345. The zero-order valence-electron chi connectivity index (χ0n) is 11.1. The van der Waals surface area contributed by atoms with Crippen LogP contribution in [0.5, 0.6) is 0 Å². The maximum absolute atomic E-state index is 10.2. The lowest BCUT2D eigenvalue weighted by molar-refractivity contribution is 0.469. The standard InChI is InChI=1S/C14H28NO/c1-3-5-6-7-8-9-10-11-12-14(4-2)15-13-16/h14H,3-12H2,1-2H3,(H,15,16). The minimum atomic E-state index is 0.345. The average molecular weight is 226 g/mol. The summed E-state index contributed by atoms with van der Waals surface area (Å²) in [5.41, 5.74) is 0. The zero-order chi connectivity index (χ0) is 12.1. The number of unbranched alkanes of at least 4 members (excludes halogenated alkanes) is 7. The Labute approximate surface area is 101 Å². The lowest BCUT2D eigenvalue weighted by Crippen LogP contribution is -2.26. The Hall–Kier alpha value is -0.530. The largest absolute Gasteiger partial charge is 0.345 e. The molecule has 0 fully saturated rings. The van der Waals surface area contributed by atoms with E-state index in [0.717, 1.165) is 12.8 Å². The summed E-state index contributed by atoms with van der Waals surface area (Å²) >= 11 is 0. The molecule has 1 N–H and O–H groups in total. The van der Waals surface area contributed by atoms with Gasteiger partial charge in [-0.25, -0.2) is 0 Å². The van der Waals surface area contributed by atoms with E-state index in [-0.39, 0.29) is 0 Å². The second-order valence-corrected chi connectivity index (χ2v) is 4.62. The van der Waals surface area contributed by atoms with E-state index in [1.165, 1.54) is 51.4 Å². The van der Waals surface area contributed by atoms with Crippen molar-refractivity contribution in [2.75, 3.05) is 0 Å². The summed E-state index contributed by atoms with van der Waals surface area (Å²) in [7, 11) is 0. The Balaban J connectivity index is 3.15. The Morgan fingerprint density at radius 1 is 0.938 bits per heavy atom. The molecule has 1 radical (unpaired) electrons. The Bertz CT molecular complexity index is 148. The van der Waals surface area contributed by atoms with E-state index in [1.54, 1.807) is 6.41 Å². The molecule has 0 spiro atoms. The predicted molar refractivity (Wildman–Crippen MR) is 70.1 cm³/mol. The molecule has 2 heteroatoms. The van der Waals surface area contributed by atoms with Crippen LogP contribution in [-0.4, -0.2) is 12.5 Å². The Morgan fingerprint density at radius 3 is 2.00 bits per heavy atom. The van der Waals surface area contributed by atoms with Gasteiger partial charge in [-0.1, -0.05) is 65.2 Å². The molecule has 0 bridgehead atoms. The molecule has 0 aliphatic rings. The highest BCUT2D eigenvalue weighted by molar-refractivity contribution is 5.47. The van der Waals surface area contributed by atoms with Gasteiger partial charge in [0.1, 0.15) is 0 Å². The molecule has 95 valence electrons. The number of hydrogen-bond acceptors (Lipinski definition) is 1. The van der Waals surface area contributed by atoms with Gasteiger partial charge in [-0.15, -0.1) is 0 Å². The van der Waals surface area contributed by atoms with E-state index in [2.05, 4.69) is 19.2 Å². The number of amides is 1. The SMILES string of the molecule is CCCCCCCCCCC(CC)N[C]=O. The molecule has 0 aromatic rings. The van der Waals surface area contributed by atoms with E-state index in [1.807, 2.05) is 0 Å². The molecule has 0 aliphatic carbocycles. The zero-order valence-corrected chi connectivity index (χ0v) is 11.1. The van der Waals surface area contributed by atoms with Crippen molar-refractivity contribution in [3.63, 3.8) is 0 Å². The first-order chi connectivity index (χ1) is 7.85. The monoisotopic (exact) mass is 226 g/mol. The quantitative estimate of drug-likeness (QED) is 0.396. The highest BCUT2D eigenvalue weighted by Gasteiger charge is 2.03. The number of nitrogens with one attached hydrogen (secondary N) is 1. The van der Waals surface area contributed by atoms with E-state index in [9.17, 15) is 4.79 Å². The van der Waals surface area contributed by atoms with Crippen molar-refractivity contribution in [3.05, 3.63) is 0 Å². The van der Waals surface area contributed by atoms with Crippen LogP contribution in [0, 0.1) is 0 Å². The number of hydrogen-bond donors (Lipinski definition) is 1. The minimum Gasteiger partial charge on any atom is -0.345 e. The Morgan fingerprint density at radius 2 is 1.50 bits per heavy atom. The lowest BCUT2D eigenvalue weighted by atomic mass is 10.0. The van der Waals surface area contributed by atoms with E-state index < -0.39 is 0 Å². The summed E-state index contributed by atoms with van der Waals surface area (Å²) in [5, 5.41) is 2.75. The normalized spacial score (nSPS) is 12.4. The molecular weight excluding hydrogens is 198 g/mol. The van der Waals surface area contributed by atoms with Crippen molar-refractivity contribution in [1.29, 1.82) is 0 Å². The van der Waals surface area contributed by atoms with Crippen LogP contribution in [0.25, 0.3) is 0 Å². The first-order valence-electron chi connectivity index (χ1n) is 6.97. The van der Waals surface area contributed by atoms with Crippen molar-refractivity contribution >= 4 is 6.41 Å². The molecular formula is C14H28NO. The van der Waals surface area contributed by atoms with Crippen LogP contribution in [0.2, 0.25) is 0 Å². The lowest BCUT2D eigenvalue weighted by Gasteiger charge is -2.12. The third-order valence-electron chi connectivity index (χ3n) is 3.16. The van der Waals surface area contributed by atoms with Gasteiger partial charge in [0.15, 0.2) is 0 Å². The summed E-state index contributed by atoms with van der Waals surface area (Å²) in [6, 6.07) is 0.345. The van der Waals surface area contributed by atoms with Gasteiger partial charge in [0.2, 0.25) is 0 Å². The predicted octanol–water partition coefficient (Wildman–Crippen LogP) is 3.95. The van der Waals surface area contributed by atoms with E-state index in [0.29, 0.717) is 6.04 Å². The summed E-state index contributed by atoms with van der Waals surface area (Å²) < 4.78 is 0. The Kier molecular flexibility index (Phi) is 12.1. The molecule has 0 rings (SSSR count). The second kappa shape index (κ2) is 12.5. The van der Waals surface area contributed by atoms with Gasteiger partial charge in [-0.05, 0) is 12.8 Å². The van der Waals surface area contributed by atoms with Gasteiger partial charge >= 0.3 is 6.41 Å². The highest BCUT2D eigenvalue weighted by Crippen LogP contribution is 2.11. The summed E-state index contributed by atoms with van der Waals surface area (Å²) in [5.74, 6) is 0. The maximum Gasteiger partial charge on any atom is 0.309 e. The van der Waals surface area contributed by atoms with Crippen LogP contribution in [-0.2, 0) is 4.79 Å². The average Bonchev–Trinajstić information content (AvgIpc) is 2.31. The molecule has 0 saturated carbocycles. The van der Waals surface area contributed by atoms with Crippen molar-refractivity contribution in [1.82, 2.24) is 5.32 Å². The number of rotatable bonds is 12. The fraction of sp³-hybridized carbons (Fsp3) is 0.929. The van der Waals surface area contributed by atoms with Crippen LogP contribution in [0.3, 0.4) is 0 Å². The van der Waals surface area contributed by atoms with Crippen LogP contribution >= 0.6 is 0 Å². The molecule has 1 unspecified atom stereocenters. The van der Waals surface area contributed by atoms with Crippen LogP contribution in [0.1, 0.15) is 78.1 Å². The van der Waals surface area contributed by atoms with Gasteiger partial charge in [-0.2, -0.15) is 0 Å². The van der Waals surface area contributed by atoms with Crippen LogP contribution in [0.15, 0.2) is 0 Å². The molecule has 1 atom stereocenters. The van der Waals surface area contributed by atoms with Gasteiger partial charge in [-0.3, -0.25) is 4.79 Å². The molecule has 0 aromatic heterocycles. The van der Waals surface area contributed by atoms with Crippen molar-refractivity contribution in [3.8, 4) is 0 Å². The molecule has 1 amide bonds. The summed E-state index contributed by atoms with van der Waals surface area (Å²) in [6.45, 7) is 4.36. The van der Waals surface area contributed by atoms with E-state index in [4.69, 9.17) is 0 Å². The molecule has 0 heterocycles. The van der Waals surface area contributed by atoms with Gasteiger partial charge in [0, 0.05) is 6.04 Å². The fourth-order valence-corrected chi connectivity index (χ4v) is 1.99. The second-order valence-electron chi connectivity index (χ2n) is 4.62. The third-order valence-corrected chi connectivity index (χ3v) is 3.16. The van der Waals surface area contributed by atoms with Crippen molar-refractivity contribution in [2.45, 2.75) is 84.1 Å². The number of carbonyl (C=O) groups excluding carboxylic acids is 1. The fourth-order valence-electron chi connectivity index (χ4n) is 1.99. The molecule has 2 nitrogen and oxygen atoms in total. The molecule has 0 aliphatic heterocycles. The molecule has 16 heavy (non-hydrogen) atoms.